The second kappa shape index (κ2) is 6.16. The summed E-state index contributed by atoms with van der Waals surface area (Å²) in [5.41, 5.74) is 1.18. The Hall–Kier alpha value is -2.04. The van der Waals surface area contributed by atoms with Crippen molar-refractivity contribution in [3.63, 3.8) is 0 Å². The van der Waals surface area contributed by atoms with Gasteiger partial charge in [0.05, 0.1) is 5.56 Å². The molecule has 2 atom stereocenters. The Morgan fingerprint density at radius 3 is 2.24 bits per heavy atom. The maximum Gasteiger partial charge on any atom is 0.335 e. The van der Waals surface area contributed by atoms with Crippen molar-refractivity contribution in [1.82, 2.24) is 9.80 Å². The van der Waals surface area contributed by atoms with Gasteiger partial charge in [-0.25, -0.2) is 9.59 Å². The number of carboxylic acid groups (broad SMARTS) is 1. The lowest BCUT2D eigenvalue weighted by molar-refractivity contribution is 0.0697. The first-order valence-electron chi connectivity index (χ1n) is 7.17. The molecule has 1 N–H and O–H groups in total. The summed E-state index contributed by atoms with van der Waals surface area (Å²) in [7, 11) is 3.59. The largest absolute Gasteiger partial charge is 0.478 e. The molecular formula is C16H22N2O3. The van der Waals surface area contributed by atoms with Crippen molar-refractivity contribution >= 4 is 12.0 Å². The number of aromatic carboxylic acids is 1. The van der Waals surface area contributed by atoms with Crippen molar-refractivity contribution in [2.24, 2.45) is 11.8 Å². The maximum absolute atomic E-state index is 12.3. The lowest BCUT2D eigenvalue weighted by atomic mass is 10.1. The summed E-state index contributed by atoms with van der Waals surface area (Å²) in [6.45, 7) is 3.49. The molecular weight excluding hydrogens is 268 g/mol. The summed E-state index contributed by atoms with van der Waals surface area (Å²) in [5.74, 6) is 0.431. The molecule has 0 radical (unpaired) electrons. The summed E-state index contributed by atoms with van der Waals surface area (Å²) < 4.78 is 0. The van der Waals surface area contributed by atoms with E-state index in [9.17, 15) is 9.59 Å². The van der Waals surface area contributed by atoms with Gasteiger partial charge in [0.25, 0.3) is 0 Å². The van der Waals surface area contributed by atoms with Crippen LogP contribution in [0.4, 0.5) is 4.79 Å². The van der Waals surface area contributed by atoms with Crippen molar-refractivity contribution in [3.05, 3.63) is 35.4 Å². The van der Waals surface area contributed by atoms with Crippen LogP contribution in [0.5, 0.6) is 0 Å². The highest BCUT2D eigenvalue weighted by Gasteiger charge is 2.34. The van der Waals surface area contributed by atoms with Gasteiger partial charge in [-0.3, -0.25) is 0 Å². The third-order valence-electron chi connectivity index (χ3n) is 4.06. The SMILES string of the molecule is CC1CC1CN(C)C(=O)N(C)Cc1ccc(C(=O)O)cc1. The highest BCUT2D eigenvalue weighted by Crippen LogP contribution is 2.38. The van der Waals surface area contributed by atoms with Gasteiger partial charge in [0.1, 0.15) is 0 Å². The van der Waals surface area contributed by atoms with E-state index in [4.69, 9.17) is 5.11 Å². The summed E-state index contributed by atoms with van der Waals surface area (Å²) in [5, 5.41) is 8.86. The van der Waals surface area contributed by atoms with E-state index in [2.05, 4.69) is 6.92 Å². The first-order chi connectivity index (χ1) is 9.88. The fraction of sp³-hybridized carbons (Fsp3) is 0.500. The molecule has 0 aromatic heterocycles. The quantitative estimate of drug-likeness (QED) is 0.906. The van der Waals surface area contributed by atoms with Crippen molar-refractivity contribution in [2.45, 2.75) is 19.9 Å². The van der Waals surface area contributed by atoms with E-state index in [-0.39, 0.29) is 11.6 Å². The lowest BCUT2D eigenvalue weighted by Gasteiger charge is -2.25. The van der Waals surface area contributed by atoms with E-state index in [0.29, 0.717) is 12.5 Å². The molecule has 1 fully saturated rings. The molecule has 0 heterocycles. The number of rotatable bonds is 5. The van der Waals surface area contributed by atoms with Crippen LogP contribution in [0, 0.1) is 11.8 Å². The van der Waals surface area contributed by atoms with Gasteiger partial charge >= 0.3 is 12.0 Å². The van der Waals surface area contributed by atoms with Crippen molar-refractivity contribution in [2.75, 3.05) is 20.6 Å². The average Bonchev–Trinajstić information content (AvgIpc) is 3.13. The Morgan fingerprint density at radius 1 is 1.19 bits per heavy atom. The predicted molar refractivity (Wildman–Crippen MR) is 80.2 cm³/mol. The van der Waals surface area contributed by atoms with Crippen LogP contribution in [0.25, 0.3) is 0 Å². The van der Waals surface area contributed by atoms with Gasteiger partial charge in [0.2, 0.25) is 0 Å². The van der Waals surface area contributed by atoms with Crippen LogP contribution in [0.15, 0.2) is 24.3 Å². The molecule has 0 aliphatic heterocycles. The van der Waals surface area contributed by atoms with Gasteiger partial charge in [0.15, 0.2) is 0 Å². The van der Waals surface area contributed by atoms with Crippen LogP contribution in [-0.4, -0.2) is 47.5 Å². The number of carbonyl (C=O) groups is 2. The maximum atomic E-state index is 12.3. The Labute approximate surface area is 125 Å². The number of benzene rings is 1. The number of carboxylic acids is 1. The fourth-order valence-electron chi connectivity index (χ4n) is 2.47. The molecule has 1 aliphatic rings. The topological polar surface area (TPSA) is 60.9 Å². The summed E-state index contributed by atoms with van der Waals surface area (Å²) >= 11 is 0. The zero-order valence-electron chi connectivity index (χ0n) is 12.7. The van der Waals surface area contributed by atoms with Crippen LogP contribution in [0.1, 0.15) is 29.3 Å². The molecule has 1 saturated carbocycles. The molecule has 5 heteroatoms. The highest BCUT2D eigenvalue weighted by molar-refractivity contribution is 5.87. The molecule has 0 bridgehead atoms. The minimum absolute atomic E-state index is 0.00332. The van der Waals surface area contributed by atoms with Gasteiger partial charge in [-0.2, -0.15) is 0 Å². The van der Waals surface area contributed by atoms with Crippen molar-refractivity contribution < 1.29 is 14.7 Å². The van der Waals surface area contributed by atoms with Crippen LogP contribution < -0.4 is 0 Å². The first-order valence-corrected chi connectivity index (χ1v) is 7.17. The summed E-state index contributed by atoms with van der Waals surface area (Å²) in [6.07, 6.45) is 1.21. The van der Waals surface area contributed by atoms with Crippen molar-refractivity contribution in [1.29, 1.82) is 0 Å². The number of nitrogens with zero attached hydrogens (tertiary/aromatic N) is 2. The smallest absolute Gasteiger partial charge is 0.335 e. The van der Waals surface area contributed by atoms with E-state index in [0.717, 1.165) is 18.0 Å². The minimum Gasteiger partial charge on any atom is -0.478 e. The van der Waals surface area contributed by atoms with E-state index in [1.807, 2.05) is 7.05 Å². The molecule has 0 spiro atoms. The molecule has 2 rings (SSSR count). The molecule has 2 unspecified atom stereocenters. The van der Waals surface area contributed by atoms with E-state index in [1.54, 1.807) is 41.1 Å². The molecule has 114 valence electrons. The number of urea groups is 1. The highest BCUT2D eigenvalue weighted by atomic mass is 16.4. The number of carbonyl (C=O) groups excluding carboxylic acids is 1. The van der Waals surface area contributed by atoms with Crippen LogP contribution in [0.2, 0.25) is 0 Å². The monoisotopic (exact) mass is 290 g/mol. The van der Waals surface area contributed by atoms with Gasteiger partial charge in [-0.15, -0.1) is 0 Å². The Kier molecular flexibility index (Phi) is 4.50. The Balaban J connectivity index is 1.88. The molecule has 1 aromatic carbocycles. The Bertz CT molecular complexity index is 527. The number of hydrogen-bond donors (Lipinski definition) is 1. The Morgan fingerprint density at radius 2 is 1.76 bits per heavy atom. The van der Waals surface area contributed by atoms with Crippen LogP contribution >= 0.6 is 0 Å². The average molecular weight is 290 g/mol. The predicted octanol–water partition coefficient (Wildman–Crippen LogP) is 2.52. The second-order valence-electron chi connectivity index (χ2n) is 5.99. The third kappa shape index (κ3) is 3.97. The standard InChI is InChI=1S/C16H22N2O3/c1-11-8-14(11)10-18(3)16(21)17(2)9-12-4-6-13(7-5-12)15(19)20/h4-7,11,14H,8-10H2,1-3H3,(H,19,20). The molecule has 21 heavy (non-hydrogen) atoms. The second-order valence-corrected chi connectivity index (χ2v) is 5.99. The van der Waals surface area contributed by atoms with Crippen LogP contribution in [-0.2, 0) is 6.54 Å². The molecule has 0 saturated heterocycles. The third-order valence-corrected chi connectivity index (χ3v) is 4.06. The zero-order valence-corrected chi connectivity index (χ0v) is 12.7. The summed E-state index contributed by atoms with van der Waals surface area (Å²) in [6, 6.07) is 6.61. The first kappa shape index (κ1) is 15.4. The molecule has 2 amide bonds. The molecule has 1 aliphatic carbocycles. The van der Waals surface area contributed by atoms with E-state index >= 15 is 0 Å². The number of amides is 2. The van der Waals surface area contributed by atoms with Gasteiger partial charge < -0.3 is 14.9 Å². The number of hydrogen-bond acceptors (Lipinski definition) is 2. The summed E-state index contributed by atoms with van der Waals surface area (Å²) in [4.78, 5) is 26.5. The van der Waals surface area contributed by atoms with E-state index in [1.165, 1.54) is 6.42 Å². The fourth-order valence-corrected chi connectivity index (χ4v) is 2.47. The lowest BCUT2D eigenvalue weighted by Crippen LogP contribution is -2.39. The van der Waals surface area contributed by atoms with Gasteiger partial charge in [-0.1, -0.05) is 19.1 Å². The minimum atomic E-state index is -0.940. The normalized spacial score (nSPS) is 20.0. The molecule has 5 nitrogen and oxygen atoms in total. The van der Waals surface area contributed by atoms with Crippen molar-refractivity contribution in [3.8, 4) is 0 Å². The van der Waals surface area contributed by atoms with Gasteiger partial charge in [-0.05, 0) is 36.0 Å². The van der Waals surface area contributed by atoms with Crippen LogP contribution in [0.3, 0.4) is 0 Å². The zero-order chi connectivity index (χ0) is 15.6. The van der Waals surface area contributed by atoms with Gasteiger partial charge in [0, 0.05) is 27.2 Å². The van der Waals surface area contributed by atoms with E-state index < -0.39 is 5.97 Å². The molecule has 1 aromatic rings.